The number of hydrogen-bond donors (Lipinski definition) is 2. The van der Waals surface area contributed by atoms with Crippen LogP contribution in [0.25, 0.3) is 0 Å². The molecule has 1 rings (SSSR count). The number of rotatable bonds is 8. The van der Waals surface area contributed by atoms with Gasteiger partial charge in [-0.2, -0.15) is 0 Å². The van der Waals surface area contributed by atoms with Crippen molar-refractivity contribution in [1.29, 1.82) is 0 Å². The van der Waals surface area contributed by atoms with Crippen molar-refractivity contribution in [3.63, 3.8) is 0 Å². The number of nitrogens with one attached hydrogen (secondary N) is 2. The average molecular weight is 320 g/mol. The lowest BCUT2D eigenvalue weighted by Gasteiger charge is -2.10. The first-order valence-corrected chi connectivity index (χ1v) is 6.58. The van der Waals surface area contributed by atoms with Crippen LogP contribution in [0.3, 0.4) is 0 Å². The third-order valence-electron chi connectivity index (χ3n) is 2.58. The molecule has 0 aliphatic heterocycles. The summed E-state index contributed by atoms with van der Waals surface area (Å²) in [6.07, 6.45) is 2.21. The molecule has 23 heavy (non-hydrogen) atoms. The number of imide groups is 1. The number of carbonyl (C=O) groups is 4. The monoisotopic (exact) mass is 320 g/mol. The van der Waals surface area contributed by atoms with E-state index in [-0.39, 0.29) is 18.7 Å². The summed E-state index contributed by atoms with van der Waals surface area (Å²) in [6, 6.07) is 6.57. The minimum absolute atomic E-state index is 0.0218. The summed E-state index contributed by atoms with van der Waals surface area (Å²) in [5.74, 6) is -1.89. The number of hydrogen-bond acceptors (Lipinski definition) is 7. The van der Waals surface area contributed by atoms with Crippen LogP contribution >= 0.6 is 0 Å². The molecule has 8 heteroatoms. The van der Waals surface area contributed by atoms with Gasteiger partial charge in [-0.1, -0.05) is 12.1 Å². The van der Waals surface area contributed by atoms with Crippen LogP contribution in [0.4, 0.5) is 5.69 Å². The van der Waals surface area contributed by atoms with Gasteiger partial charge in [0.15, 0.2) is 0 Å². The molecule has 0 spiro atoms. The van der Waals surface area contributed by atoms with Gasteiger partial charge >= 0.3 is 11.9 Å². The standard InChI is InChI=1S/C15H16N2O6/c1-22-13(19)6-7-14(20)23-9-8-16-12-5-3-2-4-11(12)15(21)17-10-18/h2-7,10,16H,8-9H2,1H3,(H,17,18,21)/b7-6+. The third kappa shape index (κ3) is 6.42. The summed E-state index contributed by atoms with van der Waals surface area (Å²) in [5, 5.41) is 4.96. The van der Waals surface area contributed by atoms with E-state index >= 15 is 0 Å². The first-order chi connectivity index (χ1) is 11.1. The van der Waals surface area contributed by atoms with E-state index in [2.05, 4.69) is 10.1 Å². The molecular weight excluding hydrogens is 304 g/mol. The Balaban J connectivity index is 2.46. The second kappa shape index (κ2) is 9.72. The van der Waals surface area contributed by atoms with E-state index in [0.29, 0.717) is 12.1 Å². The molecule has 2 N–H and O–H groups in total. The van der Waals surface area contributed by atoms with Crippen LogP contribution in [0, 0.1) is 0 Å². The predicted octanol–water partition coefficient (Wildman–Crippen LogP) is 0.257. The highest BCUT2D eigenvalue weighted by atomic mass is 16.5. The second-order valence-corrected chi connectivity index (χ2v) is 4.09. The summed E-state index contributed by atoms with van der Waals surface area (Å²) in [4.78, 5) is 44.1. The van der Waals surface area contributed by atoms with Crippen LogP contribution in [0.1, 0.15) is 10.4 Å². The number of amides is 2. The Morgan fingerprint density at radius 2 is 1.83 bits per heavy atom. The van der Waals surface area contributed by atoms with Crippen LogP contribution in [-0.2, 0) is 23.9 Å². The Morgan fingerprint density at radius 3 is 2.52 bits per heavy atom. The van der Waals surface area contributed by atoms with E-state index in [1.165, 1.54) is 7.11 Å². The van der Waals surface area contributed by atoms with Crippen molar-refractivity contribution >= 4 is 29.9 Å². The minimum atomic E-state index is -0.691. The first-order valence-electron chi connectivity index (χ1n) is 6.58. The number of ether oxygens (including phenoxy) is 2. The number of esters is 2. The Labute approximate surface area is 132 Å². The van der Waals surface area contributed by atoms with E-state index in [1.54, 1.807) is 24.3 Å². The molecular formula is C15H16N2O6. The zero-order valence-electron chi connectivity index (χ0n) is 12.4. The largest absolute Gasteiger partial charge is 0.466 e. The van der Waals surface area contributed by atoms with Crippen molar-refractivity contribution in [2.45, 2.75) is 0 Å². The van der Waals surface area contributed by atoms with Gasteiger partial charge in [-0.05, 0) is 12.1 Å². The highest BCUT2D eigenvalue weighted by Gasteiger charge is 2.09. The number of para-hydroxylation sites is 1. The molecule has 0 radical (unpaired) electrons. The van der Waals surface area contributed by atoms with Crippen LogP contribution in [0.5, 0.6) is 0 Å². The Kier molecular flexibility index (Phi) is 7.56. The van der Waals surface area contributed by atoms with E-state index < -0.39 is 17.8 Å². The van der Waals surface area contributed by atoms with Crippen LogP contribution < -0.4 is 10.6 Å². The molecule has 0 atom stereocenters. The normalized spacial score (nSPS) is 9.96. The SMILES string of the molecule is COC(=O)/C=C/C(=O)OCCNc1ccccc1C(=O)NC=O. The summed E-state index contributed by atoms with van der Waals surface area (Å²) in [7, 11) is 1.19. The number of methoxy groups -OCH3 is 1. The molecule has 0 fully saturated rings. The summed E-state index contributed by atoms with van der Waals surface area (Å²) < 4.78 is 9.18. The fraction of sp³-hybridized carbons (Fsp3) is 0.200. The Morgan fingerprint density at radius 1 is 1.13 bits per heavy atom. The van der Waals surface area contributed by atoms with Crippen LogP contribution in [0.2, 0.25) is 0 Å². The third-order valence-corrected chi connectivity index (χ3v) is 2.58. The molecule has 2 amide bonds. The molecule has 8 nitrogen and oxygen atoms in total. The molecule has 0 saturated carbocycles. The van der Waals surface area contributed by atoms with Crippen molar-refractivity contribution in [3.8, 4) is 0 Å². The number of anilines is 1. The quantitative estimate of drug-likeness (QED) is 0.306. The van der Waals surface area contributed by atoms with Gasteiger partial charge in [0.1, 0.15) is 6.61 Å². The highest BCUT2D eigenvalue weighted by Crippen LogP contribution is 2.14. The maximum atomic E-state index is 11.7. The van der Waals surface area contributed by atoms with Gasteiger partial charge in [-0.3, -0.25) is 14.9 Å². The Bertz CT molecular complexity index is 612. The molecule has 122 valence electrons. The van der Waals surface area contributed by atoms with Gasteiger partial charge in [-0.15, -0.1) is 0 Å². The molecule has 0 unspecified atom stereocenters. The minimum Gasteiger partial charge on any atom is -0.466 e. The fourth-order valence-corrected chi connectivity index (χ4v) is 1.56. The van der Waals surface area contributed by atoms with Gasteiger partial charge in [0.25, 0.3) is 5.91 Å². The number of benzene rings is 1. The van der Waals surface area contributed by atoms with Crippen molar-refractivity contribution < 1.29 is 28.7 Å². The maximum Gasteiger partial charge on any atom is 0.331 e. The summed E-state index contributed by atoms with van der Waals surface area (Å²) in [5.41, 5.74) is 0.782. The molecule has 0 bridgehead atoms. The highest BCUT2D eigenvalue weighted by molar-refractivity contribution is 6.04. The molecule has 0 aliphatic carbocycles. The zero-order valence-corrected chi connectivity index (χ0v) is 12.4. The van der Waals surface area contributed by atoms with Crippen molar-refractivity contribution in [1.82, 2.24) is 5.32 Å². The molecule has 0 saturated heterocycles. The van der Waals surface area contributed by atoms with E-state index in [4.69, 9.17) is 4.74 Å². The Hall–Kier alpha value is -3.16. The lowest BCUT2D eigenvalue weighted by atomic mass is 10.1. The van der Waals surface area contributed by atoms with Gasteiger partial charge in [0, 0.05) is 24.4 Å². The van der Waals surface area contributed by atoms with Gasteiger partial charge in [0.2, 0.25) is 6.41 Å². The molecule has 1 aromatic rings. The number of carbonyl (C=O) groups excluding carboxylic acids is 4. The summed E-state index contributed by atoms with van der Waals surface area (Å²) in [6.45, 7) is 0.261. The second-order valence-electron chi connectivity index (χ2n) is 4.09. The first kappa shape index (κ1) is 17.9. The maximum absolute atomic E-state index is 11.7. The summed E-state index contributed by atoms with van der Waals surface area (Å²) >= 11 is 0. The van der Waals surface area contributed by atoms with Crippen molar-refractivity contribution in [2.75, 3.05) is 25.6 Å². The zero-order chi connectivity index (χ0) is 17.1. The smallest absolute Gasteiger partial charge is 0.331 e. The van der Waals surface area contributed by atoms with Crippen LogP contribution in [0.15, 0.2) is 36.4 Å². The molecule has 1 aromatic carbocycles. The van der Waals surface area contributed by atoms with Gasteiger partial charge < -0.3 is 14.8 Å². The molecule has 0 heterocycles. The van der Waals surface area contributed by atoms with Crippen molar-refractivity contribution in [3.05, 3.63) is 42.0 Å². The molecule has 0 aromatic heterocycles. The lowest BCUT2D eigenvalue weighted by Crippen LogP contribution is -2.23. The average Bonchev–Trinajstić information content (AvgIpc) is 2.57. The topological polar surface area (TPSA) is 111 Å². The van der Waals surface area contributed by atoms with E-state index in [0.717, 1.165) is 12.2 Å². The van der Waals surface area contributed by atoms with E-state index in [1.807, 2.05) is 5.32 Å². The molecule has 0 aliphatic rings. The van der Waals surface area contributed by atoms with E-state index in [9.17, 15) is 19.2 Å². The van der Waals surface area contributed by atoms with Gasteiger partial charge in [-0.25, -0.2) is 9.59 Å². The fourth-order valence-electron chi connectivity index (χ4n) is 1.56. The van der Waals surface area contributed by atoms with Crippen LogP contribution in [-0.4, -0.2) is 44.5 Å². The predicted molar refractivity (Wildman–Crippen MR) is 80.6 cm³/mol. The lowest BCUT2D eigenvalue weighted by molar-refractivity contribution is -0.139. The van der Waals surface area contributed by atoms with Crippen molar-refractivity contribution in [2.24, 2.45) is 0 Å². The van der Waals surface area contributed by atoms with Gasteiger partial charge in [0.05, 0.1) is 12.7 Å².